The first kappa shape index (κ1) is 15.0. The summed E-state index contributed by atoms with van der Waals surface area (Å²) < 4.78 is 52.8. The molecular weight excluding hydrogens is 299 g/mol. The monoisotopic (exact) mass is 315 g/mol. The summed E-state index contributed by atoms with van der Waals surface area (Å²) in [5, 5.41) is 3.09. The van der Waals surface area contributed by atoms with Crippen LogP contribution >= 0.6 is 0 Å². The Morgan fingerprint density at radius 1 is 1.36 bits per heavy atom. The van der Waals surface area contributed by atoms with Gasteiger partial charge in [0.2, 0.25) is 5.60 Å². The third-order valence-corrected chi connectivity index (χ3v) is 3.93. The van der Waals surface area contributed by atoms with Crippen molar-refractivity contribution in [1.29, 1.82) is 0 Å². The molecule has 1 aromatic rings. The number of nitrogens with zero attached hydrogens (tertiary/aromatic N) is 1. The van der Waals surface area contributed by atoms with Crippen molar-refractivity contribution in [2.75, 3.05) is 25.1 Å². The van der Waals surface area contributed by atoms with Crippen LogP contribution in [0.15, 0.2) is 23.2 Å². The molecule has 2 heterocycles. The summed E-state index contributed by atoms with van der Waals surface area (Å²) in [4.78, 5) is 3.39. The van der Waals surface area contributed by atoms with Crippen molar-refractivity contribution in [1.82, 2.24) is 0 Å². The van der Waals surface area contributed by atoms with Crippen LogP contribution in [0.2, 0.25) is 0 Å². The first-order valence-corrected chi connectivity index (χ1v) is 6.83. The van der Waals surface area contributed by atoms with Gasteiger partial charge in [-0.3, -0.25) is 0 Å². The first-order valence-electron chi connectivity index (χ1n) is 6.83. The molecule has 1 fully saturated rings. The minimum atomic E-state index is -3.38. The summed E-state index contributed by atoms with van der Waals surface area (Å²) in [5.74, 6) is -4.16. The Labute approximate surface area is 125 Å². The summed E-state index contributed by atoms with van der Waals surface area (Å²) in [7, 11) is 0. The van der Waals surface area contributed by atoms with E-state index in [1.165, 1.54) is 12.1 Å². The Balaban J connectivity index is 1.98. The summed E-state index contributed by atoms with van der Waals surface area (Å²) >= 11 is 0. The molecule has 8 heteroatoms. The standard InChI is InChI=1S/C14H16F3N3O2/c1-13(14(16,17)7-19-12(18)22-13)10-4-8(2-3-11(10)15)20-9-5-21-6-9/h2-4,9,20H,5-7H2,1H3,(H2,18,19)/t13-/m1/s1. The average molecular weight is 315 g/mol. The third kappa shape index (κ3) is 2.37. The highest BCUT2D eigenvalue weighted by molar-refractivity contribution is 5.73. The number of aliphatic imine (C=N–C) groups is 1. The van der Waals surface area contributed by atoms with E-state index in [9.17, 15) is 13.2 Å². The zero-order valence-electron chi connectivity index (χ0n) is 11.9. The molecule has 2 aliphatic heterocycles. The zero-order chi connectivity index (χ0) is 16.0. The summed E-state index contributed by atoms with van der Waals surface area (Å²) in [6.07, 6.45) is 0. The van der Waals surface area contributed by atoms with Gasteiger partial charge in [0.15, 0.2) is 0 Å². The van der Waals surface area contributed by atoms with Crippen molar-refractivity contribution in [3.8, 4) is 0 Å². The first-order chi connectivity index (χ1) is 10.3. The average Bonchev–Trinajstić information content (AvgIpc) is 2.40. The number of alkyl halides is 2. The number of hydrogen-bond donors (Lipinski definition) is 2. The molecule has 2 aliphatic rings. The Bertz CT molecular complexity index is 619. The highest BCUT2D eigenvalue weighted by Gasteiger charge is 2.57. The largest absolute Gasteiger partial charge is 0.448 e. The van der Waals surface area contributed by atoms with Gasteiger partial charge < -0.3 is 20.5 Å². The minimum absolute atomic E-state index is 0.0885. The van der Waals surface area contributed by atoms with Gasteiger partial charge in [-0.1, -0.05) is 0 Å². The van der Waals surface area contributed by atoms with Crippen molar-refractivity contribution in [2.45, 2.75) is 24.5 Å². The van der Waals surface area contributed by atoms with Gasteiger partial charge in [0.25, 0.3) is 6.02 Å². The fourth-order valence-electron chi connectivity index (χ4n) is 2.43. The molecule has 0 unspecified atom stereocenters. The van der Waals surface area contributed by atoms with Crippen LogP contribution in [0.4, 0.5) is 18.9 Å². The topological polar surface area (TPSA) is 68.9 Å². The molecule has 1 atom stereocenters. The van der Waals surface area contributed by atoms with Crippen molar-refractivity contribution in [3.05, 3.63) is 29.6 Å². The molecule has 0 bridgehead atoms. The minimum Gasteiger partial charge on any atom is -0.448 e. The molecule has 3 rings (SSSR count). The normalized spacial score (nSPS) is 27.5. The van der Waals surface area contributed by atoms with E-state index in [1.807, 2.05) is 0 Å². The fraction of sp³-hybridized carbons (Fsp3) is 0.500. The lowest BCUT2D eigenvalue weighted by atomic mass is 9.87. The van der Waals surface area contributed by atoms with Crippen LogP contribution in [0.25, 0.3) is 0 Å². The molecule has 0 radical (unpaired) electrons. The van der Waals surface area contributed by atoms with E-state index in [-0.39, 0.29) is 17.6 Å². The van der Waals surface area contributed by atoms with Crippen molar-refractivity contribution >= 4 is 11.7 Å². The van der Waals surface area contributed by atoms with Crippen LogP contribution in [0.3, 0.4) is 0 Å². The van der Waals surface area contributed by atoms with Gasteiger partial charge >= 0.3 is 5.92 Å². The van der Waals surface area contributed by atoms with Gasteiger partial charge in [-0.15, -0.1) is 0 Å². The van der Waals surface area contributed by atoms with Crippen molar-refractivity contribution in [2.24, 2.45) is 10.7 Å². The molecule has 5 nitrogen and oxygen atoms in total. The lowest BCUT2D eigenvalue weighted by Gasteiger charge is -2.39. The van der Waals surface area contributed by atoms with E-state index in [0.717, 1.165) is 13.0 Å². The summed E-state index contributed by atoms with van der Waals surface area (Å²) in [6, 6.07) is 3.65. The number of nitrogens with two attached hydrogens (primary N) is 1. The lowest BCUT2D eigenvalue weighted by Crippen LogP contribution is -2.53. The number of halogens is 3. The molecule has 120 valence electrons. The van der Waals surface area contributed by atoms with Crippen LogP contribution < -0.4 is 11.1 Å². The highest BCUT2D eigenvalue weighted by atomic mass is 19.3. The van der Waals surface area contributed by atoms with Crippen LogP contribution in [-0.4, -0.2) is 37.7 Å². The van der Waals surface area contributed by atoms with Crippen LogP contribution in [0, 0.1) is 5.82 Å². The summed E-state index contributed by atoms with van der Waals surface area (Å²) in [6.45, 7) is 1.32. The van der Waals surface area contributed by atoms with Gasteiger partial charge in [-0.05, 0) is 25.1 Å². The molecule has 0 amide bonds. The zero-order valence-corrected chi connectivity index (χ0v) is 11.9. The summed E-state index contributed by atoms with van der Waals surface area (Å²) in [5.41, 5.74) is 3.45. The molecule has 1 saturated heterocycles. The molecule has 0 spiro atoms. The molecule has 3 N–H and O–H groups in total. The second kappa shape index (κ2) is 5.05. The van der Waals surface area contributed by atoms with Gasteiger partial charge in [-0.2, -0.15) is 8.78 Å². The quantitative estimate of drug-likeness (QED) is 0.893. The Kier molecular flexibility index (Phi) is 3.43. The van der Waals surface area contributed by atoms with Gasteiger partial charge in [0.1, 0.15) is 12.4 Å². The predicted octanol–water partition coefficient (Wildman–Crippen LogP) is 1.83. The van der Waals surface area contributed by atoms with E-state index in [1.54, 1.807) is 0 Å². The Morgan fingerprint density at radius 2 is 2.09 bits per heavy atom. The molecule has 22 heavy (non-hydrogen) atoms. The second-order valence-electron chi connectivity index (χ2n) is 5.57. The maximum absolute atomic E-state index is 14.3. The predicted molar refractivity (Wildman–Crippen MR) is 74.5 cm³/mol. The molecular formula is C14H16F3N3O2. The number of hydrogen-bond acceptors (Lipinski definition) is 5. The van der Waals surface area contributed by atoms with E-state index in [0.29, 0.717) is 18.9 Å². The lowest BCUT2D eigenvalue weighted by molar-refractivity contribution is -0.173. The molecule has 0 aromatic heterocycles. The van der Waals surface area contributed by atoms with Gasteiger partial charge in [0, 0.05) is 11.3 Å². The number of rotatable bonds is 3. The Morgan fingerprint density at radius 3 is 2.73 bits per heavy atom. The highest BCUT2D eigenvalue weighted by Crippen LogP contribution is 2.44. The molecule has 0 aliphatic carbocycles. The maximum Gasteiger partial charge on any atom is 0.310 e. The molecule has 0 saturated carbocycles. The third-order valence-electron chi connectivity index (χ3n) is 3.93. The number of anilines is 1. The van der Waals surface area contributed by atoms with E-state index < -0.39 is 23.9 Å². The number of amidine groups is 1. The molecule has 1 aromatic carbocycles. The smallest absolute Gasteiger partial charge is 0.310 e. The van der Waals surface area contributed by atoms with Crippen molar-refractivity contribution in [3.63, 3.8) is 0 Å². The van der Waals surface area contributed by atoms with Crippen molar-refractivity contribution < 1.29 is 22.6 Å². The van der Waals surface area contributed by atoms with E-state index >= 15 is 0 Å². The Hall–Kier alpha value is -1.96. The van der Waals surface area contributed by atoms with E-state index in [4.69, 9.17) is 15.2 Å². The number of benzene rings is 1. The van der Waals surface area contributed by atoms with Gasteiger partial charge in [0.05, 0.1) is 19.3 Å². The van der Waals surface area contributed by atoms with Gasteiger partial charge in [-0.25, -0.2) is 9.38 Å². The van der Waals surface area contributed by atoms with Crippen LogP contribution in [0.5, 0.6) is 0 Å². The number of nitrogens with one attached hydrogen (secondary N) is 1. The van der Waals surface area contributed by atoms with Crippen LogP contribution in [0.1, 0.15) is 12.5 Å². The fourth-order valence-corrected chi connectivity index (χ4v) is 2.43. The van der Waals surface area contributed by atoms with E-state index in [2.05, 4.69) is 10.3 Å². The second-order valence-corrected chi connectivity index (χ2v) is 5.57. The maximum atomic E-state index is 14.3. The van der Waals surface area contributed by atoms with Crippen LogP contribution in [-0.2, 0) is 15.1 Å². The SMILES string of the molecule is C[C@]1(c2cc(NC3COC3)ccc2F)OC(N)=NCC1(F)F. The number of ether oxygens (including phenoxy) is 2.